The Hall–Kier alpha value is 0.310. The Kier molecular flexibility index (Phi) is 3.23. The molecule has 0 amide bonds. The molecular formula is C12H22NO2P. The van der Waals surface area contributed by atoms with E-state index in [1.807, 2.05) is 0 Å². The topological polar surface area (TPSA) is 21.7 Å². The Bertz CT molecular complexity index is 261. The molecule has 5 atom stereocenters. The van der Waals surface area contributed by atoms with Crippen molar-refractivity contribution in [3.8, 4) is 0 Å². The van der Waals surface area contributed by atoms with Crippen LogP contribution in [0.5, 0.6) is 0 Å². The molecule has 2 heterocycles. The fourth-order valence-corrected chi connectivity index (χ4v) is 5.32. The van der Waals surface area contributed by atoms with Gasteiger partial charge in [0.1, 0.15) is 0 Å². The van der Waals surface area contributed by atoms with Crippen molar-refractivity contribution < 1.29 is 9.05 Å². The van der Waals surface area contributed by atoms with E-state index in [0.29, 0.717) is 0 Å². The van der Waals surface area contributed by atoms with Crippen LogP contribution >= 0.6 is 8.53 Å². The first-order chi connectivity index (χ1) is 7.75. The van der Waals surface area contributed by atoms with Crippen LogP contribution in [0, 0.1) is 11.8 Å². The van der Waals surface area contributed by atoms with Crippen molar-refractivity contribution >= 4 is 8.53 Å². The third-order valence-electron chi connectivity index (χ3n) is 4.10. The molecule has 2 unspecified atom stereocenters. The zero-order chi connectivity index (χ0) is 11.1. The lowest BCUT2D eigenvalue weighted by atomic mass is 9.80. The molecule has 3 nitrogen and oxygen atoms in total. The SMILES string of the molecule is CC(C)O[P@@]1OC[C@@H]2CN1C1CCCC[C@H]12. The summed E-state index contributed by atoms with van der Waals surface area (Å²) < 4.78 is 14.4. The zero-order valence-electron chi connectivity index (χ0n) is 10.3. The molecule has 1 aliphatic carbocycles. The third kappa shape index (κ3) is 1.92. The minimum atomic E-state index is -0.743. The zero-order valence-corrected chi connectivity index (χ0v) is 11.2. The van der Waals surface area contributed by atoms with Gasteiger partial charge >= 0.3 is 0 Å². The van der Waals surface area contributed by atoms with Gasteiger partial charge in [0.15, 0.2) is 0 Å². The van der Waals surface area contributed by atoms with Gasteiger partial charge in [0.2, 0.25) is 0 Å². The number of rotatable bonds is 2. The largest absolute Gasteiger partial charge is 0.322 e. The first kappa shape index (κ1) is 11.4. The van der Waals surface area contributed by atoms with Crippen LogP contribution in [0.25, 0.3) is 0 Å². The first-order valence-corrected chi connectivity index (χ1v) is 7.75. The second-order valence-electron chi connectivity index (χ2n) is 5.59. The Balaban J connectivity index is 1.73. The van der Waals surface area contributed by atoms with Gasteiger partial charge in [-0.1, -0.05) is 12.8 Å². The Morgan fingerprint density at radius 3 is 2.94 bits per heavy atom. The van der Waals surface area contributed by atoms with Crippen molar-refractivity contribution in [3.63, 3.8) is 0 Å². The van der Waals surface area contributed by atoms with Gasteiger partial charge < -0.3 is 9.05 Å². The van der Waals surface area contributed by atoms with E-state index in [0.717, 1.165) is 24.5 Å². The lowest BCUT2D eigenvalue weighted by molar-refractivity contribution is 0.135. The van der Waals surface area contributed by atoms with Crippen LogP contribution in [0.15, 0.2) is 0 Å². The monoisotopic (exact) mass is 243 g/mol. The van der Waals surface area contributed by atoms with Crippen molar-refractivity contribution in [2.45, 2.75) is 51.7 Å². The Morgan fingerprint density at radius 2 is 2.12 bits per heavy atom. The van der Waals surface area contributed by atoms with E-state index in [9.17, 15) is 0 Å². The minimum Gasteiger partial charge on any atom is -0.322 e. The second kappa shape index (κ2) is 4.53. The quantitative estimate of drug-likeness (QED) is 0.695. The van der Waals surface area contributed by atoms with E-state index < -0.39 is 8.53 Å². The lowest BCUT2D eigenvalue weighted by Gasteiger charge is -2.35. The summed E-state index contributed by atoms with van der Waals surface area (Å²) in [5.41, 5.74) is 0. The van der Waals surface area contributed by atoms with Gasteiger partial charge in [0.05, 0.1) is 12.7 Å². The van der Waals surface area contributed by atoms with Crippen molar-refractivity contribution in [1.82, 2.24) is 4.67 Å². The minimum absolute atomic E-state index is 0.283. The molecule has 3 fully saturated rings. The average molecular weight is 243 g/mol. The normalized spacial score (nSPS) is 47.1. The fraction of sp³-hybridized carbons (Fsp3) is 1.00. The maximum absolute atomic E-state index is 5.94. The molecule has 2 saturated heterocycles. The van der Waals surface area contributed by atoms with Crippen molar-refractivity contribution in [1.29, 1.82) is 0 Å². The van der Waals surface area contributed by atoms with Gasteiger partial charge in [-0.15, -0.1) is 0 Å². The van der Waals surface area contributed by atoms with Crippen molar-refractivity contribution in [2.24, 2.45) is 11.8 Å². The highest BCUT2D eigenvalue weighted by atomic mass is 31.2. The highest BCUT2D eigenvalue weighted by Crippen LogP contribution is 2.58. The van der Waals surface area contributed by atoms with Gasteiger partial charge in [-0.25, -0.2) is 4.67 Å². The molecule has 0 spiro atoms. The fourth-order valence-electron chi connectivity index (χ4n) is 3.44. The average Bonchev–Trinajstić information content (AvgIpc) is 2.58. The van der Waals surface area contributed by atoms with Crippen molar-refractivity contribution in [3.05, 3.63) is 0 Å². The summed E-state index contributed by atoms with van der Waals surface area (Å²) in [6, 6.07) is 0.770. The van der Waals surface area contributed by atoms with Gasteiger partial charge in [-0.05, 0) is 32.6 Å². The number of nitrogens with zero attached hydrogens (tertiary/aromatic N) is 1. The summed E-state index contributed by atoms with van der Waals surface area (Å²) >= 11 is 0. The molecule has 1 saturated carbocycles. The van der Waals surface area contributed by atoms with Gasteiger partial charge in [0, 0.05) is 18.5 Å². The molecule has 0 aromatic heterocycles. The molecule has 0 aromatic rings. The summed E-state index contributed by atoms with van der Waals surface area (Å²) in [4.78, 5) is 0. The van der Waals surface area contributed by atoms with Crippen LogP contribution in [0.2, 0.25) is 0 Å². The maximum atomic E-state index is 5.94. The molecule has 4 heteroatoms. The predicted molar refractivity (Wildman–Crippen MR) is 65.0 cm³/mol. The number of hydrogen-bond donors (Lipinski definition) is 0. The second-order valence-corrected chi connectivity index (χ2v) is 7.04. The molecule has 0 N–H and O–H groups in total. The molecule has 2 aliphatic heterocycles. The van der Waals surface area contributed by atoms with Crippen LogP contribution in [-0.2, 0) is 9.05 Å². The first-order valence-electron chi connectivity index (χ1n) is 6.62. The van der Waals surface area contributed by atoms with Crippen LogP contribution in [0.1, 0.15) is 39.5 Å². The van der Waals surface area contributed by atoms with Crippen LogP contribution in [0.3, 0.4) is 0 Å². The molecule has 3 aliphatic rings. The molecule has 2 bridgehead atoms. The van der Waals surface area contributed by atoms with E-state index >= 15 is 0 Å². The smallest absolute Gasteiger partial charge is 0.259 e. The van der Waals surface area contributed by atoms with Gasteiger partial charge in [-0.3, -0.25) is 0 Å². The highest BCUT2D eigenvalue weighted by molar-refractivity contribution is 7.44. The van der Waals surface area contributed by atoms with E-state index in [-0.39, 0.29) is 6.10 Å². The third-order valence-corrected chi connectivity index (χ3v) is 5.95. The summed E-state index contributed by atoms with van der Waals surface area (Å²) in [7, 11) is -0.743. The van der Waals surface area contributed by atoms with Crippen molar-refractivity contribution in [2.75, 3.05) is 13.2 Å². The van der Waals surface area contributed by atoms with E-state index in [2.05, 4.69) is 18.5 Å². The Morgan fingerprint density at radius 1 is 1.31 bits per heavy atom. The predicted octanol–water partition coefficient (Wildman–Crippen LogP) is 3.16. The van der Waals surface area contributed by atoms with E-state index in [1.54, 1.807) is 0 Å². The summed E-state index contributed by atoms with van der Waals surface area (Å²) in [5.74, 6) is 1.69. The van der Waals surface area contributed by atoms with E-state index in [4.69, 9.17) is 9.05 Å². The van der Waals surface area contributed by atoms with E-state index in [1.165, 1.54) is 32.2 Å². The molecule has 0 aromatic carbocycles. The molecule has 3 rings (SSSR count). The Labute approximate surface area is 99.5 Å². The molecular weight excluding hydrogens is 221 g/mol. The lowest BCUT2D eigenvalue weighted by Crippen LogP contribution is -2.32. The van der Waals surface area contributed by atoms with Crippen LogP contribution in [0.4, 0.5) is 0 Å². The van der Waals surface area contributed by atoms with Gasteiger partial charge in [0.25, 0.3) is 8.53 Å². The number of fused-ring (bicyclic) bond motifs is 5. The summed E-state index contributed by atoms with van der Waals surface area (Å²) in [6.07, 6.45) is 5.89. The summed E-state index contributed by atoms with van der Waals surface area (Å²) in [6.45, 7) is 6.38. The molecule has 16 heavy (non-hydrogen) atoms. The molecule has 0 radical (unpaired) electrons. The standard InChI is InChI=1S/C12H22NO2P/c1-9(2)15-16-13-7-10(8-14-16)11-5-3-4-6-12(11)13/h9-12H,3-8H2,1-2H3/t10-,11-,12?,16+/m0/s1. The highest BCUT2D eigenvalue weighted by Gasteiger charge is 2.50. The van der Waals surface area contributed by atoms with Gasteiger partial charge in [-0.2, -0.15) is 0 Å². The van der Waals surface area contributed by atoms with Crippen LogP contribution < -0.4 is 0 Å². The number of hydrogen-bond acceptors (Lipinski definition) is 3. The summed E-state index contributed by atoms with van der Waals surface area (Å²) in [5, 5.41) is 0. The maximum Gasteiger partial charge on any atom is 0.259 e. The molecule has 92 valence electrons. The van der Waals surface area contributed by atoms with Crippen LogP contribution in [-0.4, -0.2) is 30.0 Å².